The van der Waals surface area contributed by atoms with Crippen LogP contribution >= 0.6 is 0 Å². The van der Waals surface area contributed by atoms with E-state index in [-0.39, 0.29) is 12.0 Å². The van der Waals surface area contributed by atoms with Crippen molar-refractivity contribution in [2.75, 3.05) is 7.11 Å². The third kappa shape index (κ3) is 1.53. The van der Waals surface area contributed by atoms with Gasteiger partial charge in [-0.2, -0.15) is 0 Å². The molecule has 1 N–H and O–H groups in total. The van der Waals surface area contributed by atoms with Crippen LogP contribution < -0.4 is 4.74 Å². The van der Waals surface area contributed by atoms with Crippen molar-refractivity contribution in [1.29, 1.82) is 0 Å². The van der Waals surface area contributed by atoms with Crippen molar-refractivity contribution in [3.05, 3.63) is 53.6 Å². The number of benzene rings is 2. The molecule has 0 saturated carbocycles. The summed E-state index contributed by atoms with van der Waals surface area (Å²) in [4.78, 5) is 0. The number of aliphatic hydroxyl groups is 1. The monoisotopic (exact) mass is 240 g/mol. The number of hydrogen-bond acceptors (Lipinski definition) is 2. The lowest BCUT2D eigenvalue weighted by atomic mass is 9.92. The molecule has 0 saturated heterocycles. The first-order valence-electron chi connectivity index (χ1n) is 6.17. The van der Waals surface area contributed by atoms with Crippen LogP contribution in [0.2, 0.25) is 0 Å². The van der Waals surface area contributed by atoms with E-state index in [2.05, 4.69) is 24.3 Å². The molecule has 0 amide bonds. The number of fused-ring (bicyclic) bond motifs is 3. The molecule has 0 aliphatic heterocycles. The summed E-state index contributed by atoms with van der Waals surface area (Å²) in [7, 11) is 1.68. The molecule has 0 heterocycles. The number of rotatable bonds is 2. The number of ether oxygens (including phenoxy) is 1. The second-order valence-electron chi connectivity index (χ2n) is 4.76. The molecule has 2 nitrogen and oxygen atoms in total. The lowest BCUT2D eigenvalue weighted by Gasteiger charge is -2.16. The molecule has 1 aliphatic rings. The van der Waals surface area contributed by atoms with Gasteiger partial charge in [0.15, 0.2) is 0 Å². The second-order valence-corrected chi connectivity index (χ2v) is 4.76. The van der Waals surface area contributed by atoms with Crippen molar-refractivity contribution in [3.8, 4) is 16.9 Å². The summed E-state index contributed by atoms with van der Waals surface area (Å²) in [6.45, 7) is 1.85. The largest absolute Gasteiger partial charge is 0.497 e. The Hall–Kier alpha value is -1.80. The Balaban J connectivity index is 2.25. The molecule has 2 aromatic carbocycles. The molecule has 2 unspecified atom stereocenters. The molecule has 92 valence electrons. The van der Waals surface area contributed by atoms with Crippen molar-refractivity contribution in [2.45, 2.75) is 18.9 Å². The van der Waals surface area contributed by atoms with Gasteiger partial charge in [0.05, 0.1) is 13.2 Å². The zero-order valence-corrected chi connectivity index (χ0v) is 10.6. The normalized spacial score (nSPS) is 18.1. The molecular weight excluding hydrogens is 224 g/mol. The highest BCUT2D eigenvalue weighted by atomic mass is 16.5. The van der Waals surface area contributed by atoms with Gasteiger partial charge in [0.25, 0.3) is 0 Å². The number of hydrogen-bond donors (Lipinski definition) is 1. The zero-order valence-electron chi connectivity index (χ0n) is 10.6. The lowest BCUT2D eigenvalue weighted by Crippen LogP contribution is -2.13. The maximum absolute atomic E-state index is 10.0. The number of methoxy groups -OCH3 is 1. The molecule has 0 bridgehead atoms. The minimum Gasteiger partial charge on any atom is -0.497 e. The van der Waals surface area contributed by atoms with Crippen molar-refractivity contribution in [3.63, 3.8) is 0 Å². The molecule has 0 fully saturated rings. The van der Waals surface area contributed by atoms with Crippen LogP contribution in [0, 0.1) is 0 Å². The first kappa shape index (κ1) is 11.3. The van der Waals surface area contributed by atoms with Gasteiger partial charge in [0.1, 0.15) is 5.75 Å². The molecular formula is C16H16O2. The van der Waals surface area contributed by atoms with Gasteiger partial charge in [0, 0.05) is 5.92 Å². The summed E-state index contributed by atoms with van der Waals surface area (Å²) < 4.78 is 5.29. The quantitative estimate of drug-likeness (QED) is 0.873. The lowest BCUT2D eigenvalue weighted by molar-refractivity contribution is 0.178. The molecule has 2 atom stereocenters. The predicted octanol–water partition coefficient (Wildman–Crippen LogP) is 3.19. The fraction of sp³-hybridized carbons (Fsp3) is 0.250. The van der Waals surface area contributed by atoms with Gasteiger partial charge in [-0.05, 0) is 41.3 Å². The average molecular weight is 240 g/mol. The molecule has 3 rings (SSSR count). The van der Waals surface area contributed by atoms with E-state index in [0.29, 0.717) is 0 Å². The Morgan fingerprint density at radius 1 is 1.06 bits per heavy atom. The molecule has 2 heteroatoms. The summed E-state index contributed by atoms with van der Waals surface area (Å²) in [6.07, 6.45) is -0.388. The van der Waals surface area contributed by atoms with E-state index in [1.807, 2.05) is 25.1 Å². The van der Waals surface area contributed by atoms with E-state index in [4.69, 9.17) is 4.74 Å². The van der Waals surface area contributed by atoms with Gasteiger partial charge >= 0.3 is 0 Å². The predicted molar refractivity (Wildman–Crippen MR) is 72.0 cm³/mol. The summed E-state index contributed by atoms with van der Waals surface area (Å²) in [5, 5.41) is 10.0. The molecule has 18 heavy (non-hydrogen) atoms. The van der Waals surface area contributed by atoms with Crippen LogP contribution in [0.15, 0.2) is 42.5 Å². The molecule has 0 aromatic heterocycles. The fourth-order valence-corrected chi connectivity index (χ4v) is 2.87. The van der Waals surface area contributed by atoms with Crippen LogP contribution in [-0.4, -0.2) is 18.3 Å². The smallest absolute Gasteiger partial charge is 0.119 e. The van der Waals surface area contributed by atoms with Gasteiger partial charge in [-0.1, -0.05) is 30.3 Å². The topological polar surface area (TPSA) is 29.5 Å². The Labute approximate surface area is 107 Å². The van der Waals surface area contributed by atoms with Gasteiger partial charge in [-0.15, -0.1) is 0 Å². The Bertz CT molecular complexity index is 587. The minimum absolute atomic E-state index is 0.0714. The van der Waals surface area contributed by atoms with E-state index in [9.17, 15) is 5.11 Å². The van der Waals surface area contributed by atoms with Crippen molar-refractivity contribution in [2.24, 2.45) is 0 Å². The van der Waals surface area contributed by atoms with E-state index in [1.165, 1.54) is 22.3 Å². The molecule has 0 spiro atoms. The van der Waals surface area contributed by atoms with Crippen LogP contribution in [0.25, 0.3) is 11.1 Å². The SMILES string of the molecule is COc1ccc2c(c1)-c1ccccc1C2C(C)O. The maximum Gasteiger partial charge on any atom is 0.119 e. The minimum atomic E-state index is -0.388. The van der Waals surface area contributed by atoms with E-state index < -0.39 is 0 Å². The summed E-state index contributed by atoms with van der Waals surface area (Å²) in [6, 6.07) is 14.3. The van der Waals surface area contributed by atoms with Gasteiger partial charge in [0.2, 0.25) is 0 Å². The Kier molecular flexibility index (Phi) is 2.60. The number of aliphatic hydroxyl groups excluding tert-OH is 1. The molecule has 0 radical (unpaired) electrons. The average Bonchev–Trinajstić information content (AvgIpc) is 2.72. The molecule has 1 aliphatic carbocycles. The van der Waals surface area contributed by atoms with Crippen LogP contribution in [0.4, 0.5) is 0 Å². The van der Waals surface area contributed by atoms with Gasteiger partial charge in [-0.3, -0.25) is 0 Å². The van der Waals surface area contributed by atoms with Gasteiger partial charge in [-0.25, -0.2) is 0 Å². The summed E-state index contributed by atoms with van der Waals surface area (Å²) >= 11 is 0. The van der Waals surface area contributed by atoms with Crippen molar-refractivity contribution >= 4 is 0 Å². The Morgan fingerprint density at radius 2 is 1.78 bits per heavy atom. The summed E-state index contributed by atoms with van der Waals surface area (Å²) in [5.41, 5.74) is 4.77. The van der Waals surface area contributed by atoms with Crippen LogP contribution in [0.5, 0.6) is 5.75 Å². The standard InChI is InChI=1S/C16H16O2/c1-10(17)16-13-6-4-3-5-12(13)15-9-11(18-2)7-8-14(15)16/h3-10,16-17H,1-2H3. The molecule has 2 aromatic rings. The van der Waals surface area contributed by atoms with E-state index in [1.54, 1.807) is 7.11 Å². The Morgan fingerprint density at radius 3 is 2.50 bits per heavy atom. The maximum atomic E-state index is 10.0. The van der Waals surface area contributed by atoms with Gasteiger partial charge < -0.3 is 9.84 Å². The highest BCUT2D eigenvalue weighted by molar-refractivity contribution is 5.80. The summed E-state index contributed by atoms with van der Waals surface area (Å²) in [5.74, 6) is 0.928. The zero-order chi connectivity index (χ0) is 12.7. The first-order chi connectivity index (χ1) is 8.72. The highest BCUT2D eigenvalue weighted by Gasteiger charge is 2.31. The first-order valence-corrected chi connectivity index (χ1v) is 6.17. The van der Waals surface area contributed by atoms with Crippen molar-refractivity contribution in [1.82, 2.24) is 0 Å². The second kappa shape index (κ2) is 4.14. The van der Waals surface area contributed by atoms with Crippen LogP contribution in [0.3, 0.4) is 0 Å². The van der Waals surface area contributed by atoms with Crippen molar-refractivity contribution < 1.29 is 9.84 Å². The van der Waals surface area contributed by atoms with E-state index >= 15 is 0 Å². The van der Waals surface area contributed by atoms with E-state index in [0.717, 1.165) is 5.75 Å². The fourth-order valence-electron chi connectivity index (χ4n) is 2.87. The highest BCUT2D eigenvalue weighted by Crippen LogP contribution is 2.47. The van der Waals surface area contributed by atoms with Crippen LogP contribution in [0.1, 0.15) is 24.0 Å². The van der Waals surface area contributed by atoms with Crippen LogP contribution in [-0.2, 0) is 0 Å². The third-order valence-electron chi connectivity index (χ3n) is 3.66. The third-order valence-corrected chi connectivity index (χ3v) is 3.66.